The van der Waals surface area contributed by atoms with E-state index >= 15 is 0 Å². The summed E-state index contributed by atoms with van der Waals surface area (Å²) in [4.78, 5) is 18.0. The quantitative estimate of drug-likeness (QED) is 0.111. The van der Waals surface area contributed by atoms with Gasteiger partial charge in [-0.1, -0.05) is 104 Å². The second-order valence-electron chi connectivity index (χ2n) is 29.7. The minimum absolute atomic E-state index is 0.109. The van der Waals surface area contributed by atoms with Gasteiger partial charge in [0.05, 0.1) is 22.3 Å². The Morgan fingerprint density at radius 2 is 0.636 bits per heavy atom. The van der Waals surface area contributed by atoms with Crippen molar-refractivity contribution in [3.63, 3.8) is 0 Å². The summed E-state index contributed by atoms with van der Waals surface area (Å²) in [6.07, 6.45) is 3.96. The highest BCUT2D eigenvalue weighted by atomic mass is 16.4. The molecule has 0 spiro atoms. The third kappa shape index (κ3) is 15.0. The minimum Gasteiger partial charge on any atom is -0.437 e. The summed E-state index contributed by atoms with van der Waals surface area (Å²) in [7, 11) is 7.67. The van der Waals surface area contributed by atoms with Gasteiger partial charge < -0.3 is 17.7 Å². The van der Waals surface area contributed by atoms with E-state index in [1.54, 1.807) is 55.7 Å². The Hall–Kier alpha value is -10.7. The number of aromatic nitrogens is 8. The van der Waals surface area contributed by atoms with Crippen LogP contribution in [0.25, 0.3) is 133 Å². The molecule has 12 aromatic heterocycles. The van der Waals surface area contributed by atoms with Crippen molar-refractivity contribution >= 4 is 88.3 Å². The van der Waals surface area contributed by atoms with Crippen molar-refractivity contribution in [2.24, 2.45) is 51.8 Å². The Labute approximate surface area is 650 Å². The number of rotatable bonds is 12. The third-order valence-electron chi connectivity index (χ3n) is 20.0. The van der Waals surface area contributed by atoms with E-state index in [1.807, 2.05) is 146 Å². The average molecular weight is 1440 g/mol. The molecule has 0 bridgehead atoms. The zero-order chi connectivity index (χ0) is 88.5. The van der Waals surface area contributed by atoms with Crippen LogP contribution in [-0.2, 0) is 53.7 Å². The van der Waals surface area contributed by atoms with Gasteiger partial charge in [0, 0.05) is 132 Å². The number of furan rings is 4. The maximum Gasteiger partial charge on any atom is 0.227 e. The van der Waals surface area contributed by atoms with Crippen molar-refractivity contribution < 1.29 is 55.1 Å². The number of fused-ring (bicyclic) bond motifs is 12. The first-order valence-electron chi connectivity index (χ1n) is 43.6. The molecule has 2 unspecified atom stereocenters. The van der Waals surface area contributed by atoms with Crippen molar-refractivity contribution in [3.8, 4) is 45.0 Å². The second kappa shape index (κ2) is 30.3. The van der Waals surface area contributed by atoms with E-state index in [0.717, 1.165) is 159 Å². The van der Waals surface area contributed by atoms with Crippen LogP contribution in [0.1, 0.15) is 158 Å². The molecule has 0 fully saturated rings. The summed E-state index contributed by atoms with van der Waals surface area (Å²) in [5.41, 5.74) is 26.2. The molecular formula is C95H106N8O4+4. The van der Waals surface area contributed by atoms with E-state index in [-0.39, 0.29) is 17.0 Å². The molecule has 12 heterocycles. The Morgan fingerprint density at radius 3 is 0.953 bits per heavy atom. The largest absolute Gasteiger partial charge is 0.437 e. The molecule has 0 N–H and O–H groups in total. The summed E-state index contributed by atoms with van der Waals surface area (Å²) in [6.45, 7) is 26.8. The van der Waals surface area contributed by atoms with Gasteiger partial charge in [0.25, 0.3) is 0 Å². The van der Waals surface area contributed by atoms with Gasteiger partial charge in [0.2, 0.25) is 45.6 Å². The summed E-state index contributed by atoms with van der Waals surface area (Å²) < 4.78 is 147. The van der Waals surface area contributed by atoms with Crippen LogP contribution in [0.4, 0.5) is 0 Å². The monoisotopic (exact) mass is 1440 g/mol. The van der Waals surface area contributed by atoms with Crippen molar-refractivity contribution in [1.82, 2.24) is 19.9 Å². The molecule has 107 heavy (non-hydrogen) atoms. The molecule has 0 aliphatic rings. The zero-order valence-electron chi connectivity index (χ0n) is 79.5. The van der Waals surface area contributed by atoms with Crippen molar-refractivity contribution in [2.75, 3.05) is 0 Å². The van der Waals surface area contributed by atoms with E-state index in [9.17, 15) is 0 Å². The highest BCUT2D eigenvalue weighted by Gasteiger charge is 2.28. The summed E-state index contributed by atoms with van der Waals surface area (Å²) in [5, 5.41) is 7.98. The van der Waals surface area contributed by atoms with Gasteiger partial charge >= 0.3 is 0 Å². The van der Waals surface area contributed by atoms with Crippen LogP contribution < -0.4 is 18.3 Å². The van der Waals surface area contributed by atoms with E-state index in [1.165, 1.54) is 22.4 Å². The first kappa shape index (κ1) is 58.5. The molecular weight excluding hydrogens is 1320 g/mol. The molecule has 0 amide bonds. The van der Waals surface area contributed by atoms with Gasteiger partial charge in [-0.2, -0.15) is 0 Å². The summed E-state index contributed by atoms with van der Waals surface area (Å²) in [5.74, 6) is -4.11. The maximum atomic E-state index is 8.58. The lowest BCUT2D eigenvalue weighted by molar-refractivity contribution is -0.661. The Bertz CT molecular complexity index is 6800. The van der Waals surface area contributed by atoms with Gasteiger partial charge in [-0.05, 0) is 218 Å². The van der Waals surface area contributed by atoms with Crippen LogP contribution in [0.5, 0.6) is 0 Å². The third-order valence-corrected chi connectivity index (χ3v) is 20.0. The van der Waals surface area contributed by atoms with E-state index in [2.05, 4.69) is 121 Å². The molecule has 0 aliphatic carbocycles. The van der Waals surface area contributed by atoms with Gasteiger partial charge in [-0.25, -0.2) is 38.2 Å². The number of nitrogens with zero attached hydrogens (tertiary/aromatic N) is 8. The lowest BCUT2D eigenvalue weighted by Gasteiger charge is -2.11. The Kier molecular flexibility index (Phi) is 16.5. The predicted molar refractivity (Wildman–Crippen MR) is 439 cm³/mol. The molecule has 546 valence electrons. The van der Waals surface area contributed by atoms with Crippen molar-refractivity contribution in [3.05, 3.63) is 236 Å². The molecule has 0 saturated carbocycles. The van der Waals surface area contributed by atoms with Crippen molar-refractivity contribution in [1.29, 1.82) is 0 Å². The van der Waals surface area contributed by atoms with Gasteiger partial charge in [0.15, 0.2) is 47.1 Å². The van der Waals surface area contributed by atoms with Crippen molar-refractivity contribution in [2.45, 2.75) is 157 Å². The fourth-order valence-corrected chi connectivity index (χ4v) is 14.6. The first-order chi connectivity index (χ1) is 56.4. The number of aryl methyl sites for hydroxylation is 15. The molecule has 0 radical (unpaired) electrons. The molecule has 16 aromatic rings. The number of benzene rings is 4. The van der Waals surface area contributed by atoms with Crippen LogP contribution in [0.15, 0.2) is 170 Å². The molecule has 2 atom stereocenters. The zero-order valence-corrected chi connectivity index (χ0v) is 65.5. The number of hydrogen-bond acceptors (Lipinski definition) is 8. The standard InChI is InChI=1S/3C24H27N2O.C23H25N2O/c3*1-14(2)11-18-13-26(6)21(12-16(18)4)22-15(3)7-9-19-20-10-8-17(5)25-24(20)27-23(19)22;1-14(2)11-17-13-25(5)20(12-16(17)4)21-15(3)8-9-18-19-7-6-10-24-23(19)26-22(18)21/h3*7-10,12-14H,11H2,1-6H3;6-10,12-14H,11H2,1-5H3/q4*+1/i1D3,11D2,14D;11D2;;1D3,11D2,14D. The normalized spacial score (nSPS) is 15.5. The lowest BCUT2D eigenvalue weighted by Crippen LogP contribution is -2.32. The number of hydrogen-bond donors (Lipinski definition) is 0. The smallest absolute Gasteiger partial charge is 0.227 e. The van der Waals surface area contributed by atoms with E-state index in [0.29, 0.717) is 51.1 Å². The van der Waals surface area contributed by atoms with Gasteiger partial charge in [0.1, 0.15) is 28.2 Å². The van der Waals surface area contributed by atoms with Crippen LogP contribution >= 0.6 is 0 Å². The van der Waals surface area contributed by atoms with Crippen LogP contribution in [0.2, 0.25) is 0 Å². The van der Waals surface area contributed by atoms with E-state index < -0.39 is 44.6 Å². The topological polar surface area (TPSA) is 120 Å². The highest BCUT2D eigenvalue weighted by molar-refractivity contribution is 6.12. The fourth-order valence-electron chi connectivity index (χ4n) is 14.6. The SMILES string of the molecule is Cc1ccc2c(n1)oc1c(-c3cc(C)c(CC(C)C)c[n+]3C)c(C)ccc12.[2H]C([2H])([2H])C([2H])(C)C([2H])([2H])c1c[n+](C)c(-c2c(C)ccc3c2oc2nc(C)ccc23)cc1C.[2H]C([2H])([2H])C([2H])(C)C([2H])([2H])c1c[n+](C)c(-c2c(C)ccc3c2oc2ncccc23)cc1C.[2H]C([2H])(c1c[n+](C)c(-c2c(C)ccc3c2oc2nc(C)ccc23)cc1C)C(C)C. The predicted octanol–water partition coefficient (Wildman–Crippen LogP) is 22.1. The Morgan fingerprint density at radius 1 is 0.346 bits per heavy atom. The summed E-state index contributed by atoms with van der Waals surface area (Å²) >= 11 is 0. The highest BCUT2D eigenvalue weighted by Crippen LogP contribution is 2.42. The molecule has 16 rings (SSSR count). The molecule has 0 saturated heterocycles. The minimum atomic E-state index is -2.79. The summed E-state index contributed by atoms with van der Waals surface area (Å²) in [6, 6.07) is 40.6. The molecule has 4 aromatic carbocycles. The van der Waals surface area contributed by atoms with Crippen LogP contribution in [0.3, 0.4) is 0 Å². The lowest BCUT2D eigenvalue weighted by atomic mass is 9.96. The van der Waals surface area contributed by atoms with Crippen LogP contribution in [0, 0.1) is 99.8 Å². The maximum absolute atomic E-state index is 8.58. The van der Waals surface area contributed by atoms with Gasteiger partial charge in [-0.3, -0.25) is 0 Å². The number of pyridine rings is 8. The van der Waals surface area contributed by atoms with E-state index in [4.69, 9.17) is 36.9 Å². The molecule has 12 nitrogen and oxygen atoms in total. The van der Waals surface area contributed by atoms with Crippen LogP contribution in [-0.4, -0.2) is 19.9 Å². The van der Waals surface area contributed by atoms with Gasteiger partial charge in [-0.15, -0.1) is 0 Å². The second-order valence-corrected chi connectivity index (χ2v) is 29.7. The average Bonchev–Trinajstić information content (AvgIpc) is 1.59. The fraction of sp³-hybridized carbons (Fsp3) is 0.326. The Balaban J connectivity index is 0.000000140. The molecule has 0 aliphatic heterocycles. The first-order valence-corrected chi connectivity index (χ1v) is 36.6. The molecule has 12 heteroatoms.